The molecule has 0 heterocycles. The van der Waals surface area contributed by atoms with Crippen LogP contribution in [0.25, 0.3) is 0 Å². The van der Waals surface area contributed by atoms with Crippen molar-refractivity contribution in [3.05, 3.63) is 34.1 Å². The number of rotatable bonds is 5. The summed E-state index contributed by atoms with van der Waals surface area (Å²) < 4.78 is 12.9. The highest BCUT2D eigenvalue weighted by atomic mass is 19.1. The quantitative estimate of drug-likeness (QED) is 0.594. The molecule has 1 rings (SSSR count). The fraction of sp³-hybridized carbons (Fsp3) is 0.400. The zero-order chi connectivity index (χ0) is 12.1. The topological polar surface area (TPSA) is 81.2 Å². The number of nitrogens with one attached hydrogen (secondary N) is 1. The predicted octanol–water partition coefficient (Wildman–Crippen LogP) is 1.88. The molecule has 1 atom stereocenters. The van der Waals surface area contributed by atoms with E-state index in [1.807, 2.05) is 6.92 Å². The maximum Gasteiger partial charge on any atom is 0.292 e. The van der Waals surface area contributed by atoms with Gasteiger partial charge in [-0.25, -0.2) is 4.39 Å². The van der Waals surface area contributed by atoms with E-state index < -0.39 is 10.7 Å². The summed E-state index contributed by atoms with van der Waals surface area (Å²) >= 11 is 0. The molecule has 0 radical (unpaired) electrons. The molecule has 0 saturated carbocycles. The Morgan fingerprint density at radius 1 is 1.62 bits per heavy atom. The summed E-state index contributed by atoms with van der Waals surface area (Å²) in [5.74, 6) is -0.506. The van der Waals surface area contributed by atoms with Crippen LogP contribution in [0.1, 0.15) is 13.3 Å². The molecule has 0 saturated heterocycles. The first-order chi connectivity index (χ1) is 7.50. The number of nitrogens with two attached hydrogens (primary N) is 1. The Morgan fingerprint density at radius 3 is 2.88 bits per heavy atom. The van der Waals surface area contributed by atoms with Gasteiger partial charge in [0.25, 0.3) is 5.69 Å². The van der Waals surface area contributed by atoms with Crippen LogP contribution in [0, 0.1) is 15.9 Å². The fourth-order valence-corrected chi connectivity index (χ4v) is 1.24. The van der Waals surface area contributed by atoms with Crippen molar-refractivity contribution in [1.82, 2.24) is 0 Å². The Hall–Kier alpha value is -1.69. The minimum atomic E-state index is -0.548. The molecule has 5 nitrogen and oxygen atoms in total. The van der Waals surface area contributed by atoms with Crippen LogP contribution < -0.4 is 11.1 Å². The fourth-order valence-electron chi connectivity index (χ4n) is 1.24. The second kappa shape index (κ2) is 5.41. The number of anilines is 1. The Labute approximate surface area is 92.6 Å². The largest absolute Gasteiger partial charge is 0.379 e. The Kier molecular flexibility index (Phi) is 4.19. The van der Waals surface area contributed by atoms with Gasteiger partial charge in [-0.05, 0) is 19.4 Å². The zero-order valence-corrected chi connectivity index (χ0v) is 8.94. The van der Waals surface area contributed by atoms with Gasteiger partial charge in [0.05, 0.1) is 4.92 Å². The molecule has 3 N–H and O–H groups in total. The maximum atomic E-state index is 12.9. The van der Waals surface area contributed by atoms with Crippen molar-refractivity contribution >= 4 is 11.4 Å². The number of hydrogen-bond acceptors (Lipinski definition) is 4. The third-order valence-electron chi connectivity index (χ3n) is 2.07. The van der Waals surface area contributed by atoms with Crippen molar-refractivity contribution in [2.45, 2.75) is 19.4 Å². The van der Waals surface area contributed by atoms with Gasteiger partial charge in [0.1, 0.15) is 11.5 Å². The number of benzene rings is 1. The number of halogens is 1. The van der Waals surface area contributed by atoms with Crippen LogP contribution in [0.2, 0.25) is 0 Å². The van der Waals surface area contributed by atoms with E-state index in [-0.39, 0.29) is 17.4 Å². The third-order valence-corrected chi connectivity index (χ3v) is 2.07. The van der Waals surface area contributed by atoms with Crippen LogP contribution in [0.4, 0.5) is 15.8 Å². The summed E-state index contributed by atoms with van der Waals surface area (Å²) in [6.45, 7) is 2.31. The van der Waals surface area contributed by atoms with Crippen molar-refractivity contribution in [3.63, 3.8) is 0 Å². The van der Waals surface area contributed by atoms with Gasteiger partial charge in [-0.15, -0.1) is 0 Å². The second-order valence-electron chi connectivity index (χ2n) is 3.61. The summed E-state index contributed by atoms with van der Waals surface area (Å²) in [5, 5.41) is 13.5. The van der Waals surface area contributed by atoms with E-state index in [4.69, 9.17) is 5.73 Å². The molecule has 0 fully saturated rings. The van der Waals surface area contributed by atoms with E-state index in [2.05, 4.69) is 5.32 Å². The summed E-state index contributed by atoms with van der Waals surface area (Å²) in [5.41, 5.74) is 5.59. The predicted molar refractivity (Wildman–Crippen MR) is 59.8 cm³/mol. The summed E-state index contributed by atoms with van der Waals surface area (Å²) in [4.78, 5) is 10.1. The van der Waals surface area contributed by atoms with E-state index in [9.17, 15) is 14.5 Å². The molecule has 0 spiro atoms. The van der Waals surface area contributed by atoms with Crippen molar-refractivity contribution in [2.75, 3.05) is 11.9 Å². The van der Waals surface area contributed by atoms with Gasteiger partial charge in [-0.3, -0.25) is 10.1 Å². The number of nitro groups is 1. The van der Waals surface area contributed by atoms with E-state index in [1.165, 1.54) is 0 Å². The van der Waals surface area contributed by atoms with Crippen LogP contribution in [0.15, 0.2) is 18.2 Å². The Balaban J connectivity index is 2.76. The number of nitro benzene ring substituents is 1. The van der Waals surface area contributed by atoms with E-state index in [0.29, 0.717) is 13.0 Å². The first kappa shape index (κ1) is 12.4. The highest BCUT2D eigenvalue weighted by Gasteiger charge is 2.13. The molecule has 0 bridgehead atoms. The van der Waals surface area contributed by atoms with Crippen molar-refractivity contribution < 1.29 is 9.31 Å². The van der Waals surface area contributed by atoms with Gasteiger partial charge >= 0.3 is 0 Å². The summed E-state index contributed by atoms with van der Waals surface area (Å²) in [6, 6.07) is 3.32. The standard InChI is InChI=1S/C10H14FN3O2/c1-7(12)4-5-13-9-6-8(11)2-3-10(9)14(15)16/h2-3,6-7,13H,4-5,12H2,1H3. The first-order valence-electron chi connectivity index (χ1n) is 4.94. The zero-order valence-electron chi connectivity index (χ0n) is 8.94. The molecule has 1 unspecified atom stereocenters. The van der Waals surface area contributed by atoms with Crippen LogP contribution in [-0.2, 0) is 0 Å². The molecule has 0 aliphatic heterocycles. The van der Waals surface area contributed by atoms with Gasteiger partial charge < -0.3 is 11.1 Å². The third kappa shape index (κ3) is 3.47. The van der Waals surface area contributed by atoms with E-state index >= 15 is 0 Å². The maximum absolute atomic E-state index is 12.9. The van der Waals surface area contributed by atoms with Crippen LogP contribution in [-0.4, -0.2) is 17.5 Å². The second-order valence-corrected chi connectivity index (χ2v) is 3.61. The average molecular weight is 227 g/mol. The highest BCUT2D eigenvalue weighted by molar-refractivity contribution is 5.61. The minimum Gasteiger partial charge on any atom is -0.379 e. The Morgan fingerprint density at radius 2 is 2.31 bits per heavy atom. The lowest BCUT2D eigenvalue weighted by molar-refractivity contribution is -0.384. The van der Waals surface area contributed by atoms with Gasteiger partial charge in [-0.1, -0.05) is 0 Å². The molecule has 1 aromatic carbocycles. The van der Waals surface area contributed by atoms with Crippen molar-refractivity contribution in [2.24, 2.45) is 5.73 Å². The summed E-state index contributed by atoms with van der Waals surface area (Å²) in [6.07, 6.45) is 0.660. The molecule has 0 aliphatic carbocycles. The van der Waals surface area contributed by atoms with Crippen LogP contribution in [0.3, 0.4) is 0 Å². The van der Waals surface area contributed by atoms with Gasteiger partial charge in [0.15, 0.2) is 0 Å². The molecular formula is C10H14FN3O2. The lowest BCUT2D eigenvalue weighted by Gasteiger charge is -2.08. The van der Waals surface area contributed by atoms with Gasteiger partial charge in [0.2, 0.25) is 0 Å². The smallest absolute Gasteiger partial charge is 0.292 e. The molecule has 0 aliphatic rings. The molecule has 0 amide bonds. The normalized spacial score (nSPS) is 12.2. The van der Waals surface area contributed by atoms with Gasteiger partial charge in [-0.2, -0.15) is 0 Å². The SMILES string of the molecule is CC(N)CCNc1cc(F)ccc1[N+](=O)[O-]. The number of hydrogen-bond donors (Lipinski definition) is 2. The summed E-state index contributed by atoms with van der Waals surface area (Å²) in [7, 11) is 0. The molecule has 1 aromatic rings. The first-order valence-corrected chi connectivity index (χ1v) is 4.94. The van der Waals surface area contributed by atoms with Gasteiger partial charge in [0, 0.05) is 24.7 Å². The van der Waals surface area contributed by atoms with E-state index in [1.54, 1.807) is 0 Å². The van der Waals surface area contributed by atoms with Crippen molar-refractivity contribution in [1.29, 1.82) is 0 Å². The lowest BCUT2D eigenvalue weighted by Crippen LogP contribution is -2.19. The molecular weight excluding hydrogens is 213 g/mol. The molecule has 16 heavy (non-hydrogen) atoms. The highest BCUT2D eigenvalue weighted by Crippen LogP contribution is 2.24. The van der Waals surface area contributed by atoms with Crippen molar-refractivity contribution in [3.8, 4) is 0 Å². The number of nitrogens with zero attached hydrogens (tertiary/aromatic N) is 1. The molecule has 88 valence electrons. The monoisotopic (exact) mass is 227 g/mol. The average Bonchev–Trinajstić information content (AvgIpc) is 2.16. The van der Waals surface area contributed by atoms with E-state index in [0.717, 1.165) is 18.2 Å². The minimum absolute atomic E-state index is 0.000107. The lowest BCUT2D eigenvalue weighted by atomic mass is 10.2. The van der Waals surface area contributed by atoms with Crippen LogP contribution >= 0.6 is 0 Å². The molecule has 6 heteroatoms. The Bertz CT molecular complexity index is 382. The van der Waals surface area contributed by atoms with Crippen LogP contribution in [0.5, 0.6) is 0 Å². The molecule has 0 aromatic heterocycles.